The maximum atomic E-state index is 5.62. The van der Waals surface area contributed by atoms with Gasteiger partial charge in [-0.05, 0) is 50.1 Å². The standard InChI is InChI=1S/C22H28N4O3.HI/c1-16-17(2)29-21(26-16)15-25-22(24-13-11-20-5-4-14-28-20)23-12-10-18-6-8-19(27-3)9-7-18;/h4-9,14H,10-13,15H2,1-3H3,(H2,23,24,25);1H. The number of aryl methyl sites for hydroxylation is 2. The molecule has 0 unspecified atom stereocenters. The molecule has 0 atom stereocenters. The number of nitrogens with one attached hydrogen (secondary N) is 2. The number of aliphatic imine (C=N–C) groups is 1. The zero-order valence-corrected chi connectivity index (χ0v) is 19.9. The first-order valence-electron chi connectivity index (χ1n) is 9.74. The second-order valence-electron chi connectivity index (χ2n) is 6.70. The van der Waals surface area contributed by atoms with Crippen molar-refractivity contribution in [2.75, 3.05) is 20.2 Å². The number of furan rings is 1. The number of benzene rings is 1. The molecule has 0 aliphatic rings. The first kappa shape index (κ1) is 23.8. The summed E-state index contributed by atoms with van der Waals surface area (Å²) in [6, 6.07) is 11.9. The Bertz CT molecular complexity index is 886. The Balaban J connectivity index is 0.00000320. The summed E-state index contributed by atoms with van der Waals surface area (Å²) in [5, 5.41) is 6.72. The fourth-order valence-electron chi connectivity index (χ4n) is 2.80. The van der Waals surface area contributed by atoms with Gasteiger partial charge < -0.3 is 24.2 Å². The molecule has 0 fully saturated rings. The highest BCUT2D eigenvalue weighted by molar-refractivity contribution is 14.0. The number of aromatic nitrogens is 1. The first-order valence-corrected chi connectivity index (χ1v) is 9.74. The van der Waals surface area contributed by atoms with Crippen LogP contribution in [0.2, 0.25) is 0 Å². The van der Waals surface area contributed by atoms with E-state index >= 15 is 0 Å². The molecule has 7 nitrogen and oxygen atoms in total. The molecule has 0 saturated heterocycles. The molecule has 0 spiro atoms. The van der Waals surface area contributed by atoms with Crippen molar-refractivity contribution in [3.8, 4) is 5.75 Å². The minimum atomic E-state index is 0. The van der Waals surface area contributed by atoms with Crippen molar-refractivity contribution in [3.63, 3.8) is 0 Å². The Labute approximate surface area is 194 Å². The number of guanidine groups is 1. The van der Waals surface area contributed by atoms with Gasteiger partial charge in [0.15, 0.2) is 5.96 Å². The number of oxazole rings is 1. The van der Waals surface area contributed by atoms with E-state index in [1.54, 1.807) is 13.4 Å². The average Bonchev–Trinajstić information content (AvgIpc) is 3.36. The van der Waals surface area contributed by atoms with Gasteiger partial charge in [0.25, 0.3) is 0 Å². The minimum absolute atomic E-state index is 0. The molecule has 0 saturated carbocycles. The summed E-state index contributed by atoms with van der Waals surface area (Å²) >= 11 is 0. The maximum absolute atomic E-state index is 5.62. The molecule has 162 valence electrons. The van der Waals surface area contributed by atoms with Gasteiger partial charge in [-0.2, -0.15) is 0 Å². The Morgan fingerprint density at radius 3 is 2.40 bits per heavy atom. The van der Waals surface area contributed by atoms with Crippen LogP contribution in [0.25, 0.3) is 0 Å². The van der Waals surface area contributed by atoms with E-state index in [0.29, 0.717) is 19.0 Å². The highest BCUT2D eigenvalue weighted by Crippen LogP contribution is 2.11. The Hall–Kier alpha value is -2.49. The van der Waals surface area contributed by atoms with Crippen molar-refractivity contribution in [1.29, 1.82) is 0 Å². The average molecular weight is 524 g/mol. The van der Waals surface area contributed by atoms with Gasteiger partial charge in [-0.15, -0.1) is 24.0 Å². The summed E-state index contributed by atoms with van der Waals surface area (Å²) in [4.78, 5) is 9.00. The lowest BCUT2D eigenvalue weighted by Gasteiger charge is -2.12. The fourth-order valence-corrected chi connectivity index (χ4v) is 2.80. The largest absolute Gasteiger partial charge is 0.497 e. The van der Waals surface area contributed by atoms with Gasteiger partial charge in [0.05, 0.1) is 19.1 Å². The maximum Gasteiger partial charge on any atom is 0.216 e. The Morgan fingerprint density at radius 1 is 1.07 bits per heavy atom. The van der Waals surface area contributed by atoms with Gasteiger partial charge in [0, 0.05) is 19.5 Å². The highest BCUT2D eigenvalue weighted by Gasteiger charge is 2.06. The Kier molecular flexibility index (Phi) is 9.72. The molecular weight excluding hydrogens is 495 g/mol. The lowest BCUT2D eigenvalue weighted by atomic mass is 10.1. The van der Waals surface area contributed by atoms with E-state index in [4.69, 9.17) is 13.6 Å². The molecule has 0 radical (unpaired) electrons. The minimum Gasteiger partial charge on any atom is -0.497 e. The van der Waals surface area contributed by atoms with Crippen LogP contribution in [0.15, 0.2) is 56.5 Å². The van der Waals surface area contributed by atoms with Gasteiger partial charge in [-0.3, -0.25) is 0 Å². The molecule has 2 aromatic heterocycles. The predicted molar refractivity (Wildman–Crippen MR) is 128 cm³/mol. The molecule has 0 aliphatic carbocycles. The summed E-state index contributed by atoms with van der Waals surface area (Å²) in [6.45, 7) is 5.69. The van der Waals surface area contributed by atoms with Crippen molar-refractivity contribution in [1.82, 2.24) is 15.6 Å². The van der Waals surface area contributed by atoms with Crippen LogP contribution in [-0.2, 0) is 19.4 Å². The summed E-state index contributed by atoms with van der Waals surface area (Å²) < 4.78 is 16.2. The highest BCUT2D eigenvalue weighted by atomic mass is 127. The SMILES string of the molecule is COc1ccc(CCNC(=NCc2nc(C)c(C)o2)NCCc2ccco2)cc1.I. The van der Waals surface area contributed by atoms with Crippen LogP contribution in [-0.4, -0.2) is 31.1 Å². The number of halogens is 1. The predicted octanol–water partition coefficient (Wildman–Crippen LogP) is 4.03. The zero-order chi connectivity index (χ0) is 20.5. The van der Waals surface area contributed by atoms with Gasteiger partial charge in [0.2, 0.25) is 5.89 Å². The van der Waals surface area contributed by atoms with E-state index in [2.05, 4.69) is 32.7 Å². The number of hydrogen-bond donors (Lipinski definition) is 2. The van der Waals surface area contributed by atoms with E-state index in [9.17, 15) is 0 Å². The third-order valence-electron chi connectivity index (χ3n) is 4.55. The van der Waals surface area contributed by atoms with E-state index in [-0.39, 0.29) is 24.0 Å². The quantitative estimate of drug-likeness (QED) is 0.250. The summed E-state index contributed by atoms with van der Waals surface area (Å²) in [5.41, 5.74) is 2.13. The third kappa shape index (κ3) is 7.40. The topological polar surface area (TPSA) is 84.8 Å². The second kappa shape index (κ2) is 12.3. The zero-order valence-electron chi connectivity index (χ0n) is 17.6. The monoisotopic (exact) mass is 524 g/mol. The van der Waals surface area contributed by atoms with Crippen molar-refractivity contribution in [3.05, 3.63) is 71.3 Å². The van der Waals surface area contributed by atoms with Crippen molar-refractivity contribution < 1.29 is 13.6 Å². The van der Waals surface area contributed by atoms with Crippen LogP contribution >= 0.6 is 24.0 Å². The van der Waals surface area contributed by atoms with E-state index in [1.807, 2.05) is 38.1 Å². The molecule has 2 N–H and O–H groups in total. The first-order chi connectivity index (χ1) is 14.1. The lowest BCUT2D eigenvalue weighted by Crippen LogP contribution is -2.39. The molecule has 30 heavy (non-hydrogen) atoms. The van der Waals surface area contributed by atoms with Crippen LogP contribution in [0.5, 0.6) is 5.75 Å². The van der Waals surface area contributed by atoms with Crippen LogP contribution in [0.1, 0.15) is 28.7 Å². The van der Waals surface area contributed by atoms with Gasteiger partial charge >= 0.3 is 0 Å². The van der Waals surface area contributed by atoms with Gasteiger partial charge in [0.1, 0.15) is 23.8 Å². The van der Waals surface area contributed by atoms with Gasteiger partial charge in [-0.1, -0.05) is 12.1 Å². The molecule has 0 amide bonds. The fraction of sp³-hybridized carbons (Fsp3) is 0.364. The number of methoxy groups -OCH3 is 1. The van der Waals surface area contributed by atoms with Crippen LogP contribution in [0, 0.1) is 13.8 Å². The summed E-state index contributed by atoms with van der Waals surface area (Å²) in [7, 11) is 1.67. The smallest absolute Gasteiger partial charge is 0.216 e. The molecule has 0 bridgehead atoms. The van der Waals surface area contributed by atoms with Crippen molar-refractivity contribution in [2.24, 2.45) is 4.99 Å². The number of rotatable bonds is 9. The lowest BCUT2D eigenvalue weighted by molar-refractivity contribution is 0.414. The number of nitrogens with zero attached hydrogens (tertiary/aromatic N) is 2. The third-order valence-corrected chi connectivity index (χ3v) is 4.55. The molecule has 3 aromatic rings. The van der Waals surface area contributed by atoms with E-state index in [1.165, 1.54) is 5.56 Å². The molecule has 2 heterocycles. The van der Waals surface area contributed by atoms with E-state index in [0.717, 1.165) is 48.3 Å². The number of ether oxygens (including phenoxy) is 1. The molecular formula is C22H29IN4O3. The number of hydrogen-bond acceptors (Lipinski definition) is 5. The van der Waals surface area contributed by atoms with Crippen molar-refractivity contribution in [2.45, 2.75) is 33.2 Å². The van der Waals surface area contributed by atoms with Crippen LogP contribution < -0.4 is 15.4 Å². The van der Waals surface area contributed by atoms with E-state index < -0.39 is 0 Å². The summed E-state index contributed by atoms with van der Waals surface area (Å²) in [5.74, 6) is 3.96. The summed E-state index contributed by atoms with van der Waals surface area (Å²) in [6.07, 6.45) is 3.34. The molecule has 3 rings (SSSR count). The van der Waals surface area contributed by atoms with Crippen LogP contribution in [0.3, 0.4) is 0 Å². The Morgan fingerprint density at radius 2 is 1.80 bits per heavy atom. The normalized spacial score (nSPS) is 11.1. The molecule has 1 aromatic carbocycles. The molecule has 8 heteroatoms. The second-order valence-corrected chi connectivity index (χ2v) is 6.70. The molecule has 0 aliphatic heterocycles. The van der Waals surface area contributed by atoms with Crippen molar-refractivity contribution >= 4 is 29.9 Å². The van der Waals surface area contributed by atoms with Crippen LogP contribution in [0.4, 0.5) is 0 Å². The van der Waals surface area contributed by atoms with Gasteiger partial charge in [-0.25, -0.2) is 9.98 Å².